The maximum atomic E-state index is 12.6. The topological polar surface area (TPSA) is 99.0 Å². The Balaban J connectivity index is 1.73. The summed E-state index contributed by atoms with van der Waals surface area (Å²) >= 11 is 0.776. The Kier molecular flexibility index (Phi) is 6.18. The molecular formula is C20H18N2O6S. The van der Waals surface area contributed by atoms with Gasteiger partial charge in [-0.3, -0.25) is 24.6 Å². The summed E-state index contributed by atoms with van der Waals surface area (Å²) in [6.45, 7) is 2.20. The van der Waals surface area contributed by atoms with Crippen molar-refractivity contribution in [3.63, 3.8) is 0 Å². The Morgan fingerprint density at radius 3 is 2.66 bits per heavy atom. The van der Waals surface area contributed by atoms with Gasteiger partial charge in [0.1, 0.15) is 12.4 Å². The molecule has 0 aromatic heterocycles. The van der Waals surface area contributed by atoms with E-state index in [2.05, 4.69) is 0 Å². The van der Waals surface area contributed by atoms with Gasteiger partial charge in [0, 0.05) is 11.6 Å². The number of carbonyl (C=O) groups is 2. The third kappa shape index (κ3) is 4.57. The Morgan fingerprint density at radius 1 is 1.21 bits per heavy atom. The van der Waals surface area contributed by atoms with Gasteiger partial charge >= 0.3 is 5.69 Å². The minimum absolute atomic E-state index is 0.0343. The van der Waals surface area contributed by atoms with Crippen LogP contribution in [0.5, 0.6) is 11.5 Å². The number of hydrogen-bond donors (Lipinski definition) is 0. The third-order valence-electron chi connectivity index (χ3n) is 4.16. The van der Waals surface area contributed by atoms with E-state index in [1.165, 1.54) is 25.3 Å². The zero-order chi connectivity index (χ0) is 21.0. The lowest BCUT2D eigenvalue weighted by molar-refractivity contribution is -0.385. The molecule has 8 nitrogen and oxygen atoms in total. The average molecular weight is 414 g/mol. The van der Waals surface area contributed by atoms with Crippen LogP contribution in [0.25, 0.3) is 6.08 Å². The number of aryl methyl sites for hydroxylation is 1. The lowest BCUT2D eigenvalue weighted by Gasteiger charge is -2.13. The molecule has 0 bridgehead atoms. The first-order chi connectivity index (χ1) is 13.9. The van der Waals surface area contributed by atoms with E-state index in [4.69, 9.17) is 9.47 Å². The zero-order valence-electron chi connectivity index (χ0n) is 15.8. The van der Waals surface area contributed by atoms with Gasteiger partial charge in [0.05, 0.1) is 23.5 Å². The standard InChI is InChI=1S/C20H18N2O6S/c1-13-5-3-7-15(11-13)28-10-9-21-19(23)17(29-20(21)24)12-14-6-4-8-16(22(25)26)18(14)27-2/h3-8,11-12H,9-10H2,1-2H3/b17-12-. The third-order valence-corrected chi connectivity index (χ3v) is 5.07. The number of nitro benzene ring substituents is 1. The van der Waals surface area contributed by atoms with Crippen molar-refractivity contribution in [2.24, 2.45) is 0 Å². The van der Waals surface area contributed by atoms with Crippen LogP contribution in [0.4, 0.5) is 10.5 Å². The molecule has 1 saturated heterocycles. The summed E-state index contributed by atoms with van der Waals surface area (Å²) in [5.74, 6) is 0.224. The molecule has 0 spiro atoms. The summed E-state index contributed by atoms with van der Waals surface area (Å²) < 4.78 is 10.7. The molecule has 1 heterocycles. The average Bonchev–Trinajstić information content (AvgIpc) is 2.95. The zero-order valence-corrected chi connectivity index (χ0v) is 16.6. The molecule has 150 valence electrons. The molecule has 2 amide bonds. The van der Waals surface area contributed by atoms with E-state index in [-0.39, 0.29) is 29.5 Å². The molecule has 0 atom stereocenters. The van der Waals surface area contributed by atoms with Gasteiger partial charge in [0.2, 0.25) is 5.75 Å². The fourth-order valence-corrected chi connectivity index (χ4v) is 3.67. The van der Waals surface area contributed by atoms with Crippen LogP contribution >= 0.6 is 11.8 Å². The summed E-state index contributed by atoms with van der Waals surface area (Å²) in [5.41, 5.74) is 1.18. The lowest BCUT2D eigenvalue weighted by Crippen LogP contribution is -2.32. The Bertz CT molecular complexity index is 1000. The maximum absolute atomic E-state index is 12.6. The monoisotopic (exact) mass is 414 g/mol. The Hall–Kier alpha value is -3.33. The molecule has 9 heteroatoms. The van der Waals surface area contributed by atoms with Gasteiger partial charge in [0.25, 0.3) is 11.1 Å². The van der Waals surface area contributed by atoms with Gasteiger partial charge in [-0.05, 0) is 42.5 Å². The summed E-state index contributed by atoms with van der Waals surface area (Å²) in [6, 6.07) is 11.9. The quantitative estimate of drug-likeness (QED) is 0.383. The number of amides is 2. The van der Waals surface area contributed by atoms with Crippen molar-refractivity contribution >= 4 is 34.7 Å². The smallest absolute Gasteiger partial charge is 0.311 e. The second-order valence-electron chi connectivity index (χ2n) is 6.16. The molecule has 2 aromatic rings. The molecule has 0 radical (unpaired) electrons. The van der Waals surface area contributed by atoms with E-state index >= 15 is 0 Å². The van der Waals surface area contributed by atoms with Crippen molar-refractivity contribution in [2.75, 3.05) is 20.3 Å². The Morgan fingerprint density at radius 2 is 1.97 bits per heavy atom. The molecule has 29 heavy (non-hydrogen) atoms. The minimum Gasteiger partial charge on any atom is -0.492 e. The number of para-hydroxylation sites is 1. The second-order valence-corrected chi connectivity index (χ2v) is 7.15. The Labute approximate surface area is 171 Å². The highest BCUT2D eigenvalue weighted by Crippen LogP contribution is 2.37. The number of hydrogen-bond acceptors (Lipinski definition) is 7. The van der Waals surface area contributed by atoms with E-state index in [0.29, 0.717) is 11.3 Å². The van der Waals surface area contributed by atoms with Gasteiger partial charge in [-0.25, -0.2) is 0 Å². The van der Waals surface area contributed by atoms with Crippen molar-refractivity contribution < 1.29 is 24.0 Å². The number of methoxy groups -OCH3 is 1. The van der Waals surface area contributed by atoms with Crippen LogP contribution in [0.15, 0.2) is 47.4 Å². The largest absolute Gasteiger partial charge is 0.492 e. The van der Waals surface area contributed by atoms with Gasteiger partial charge < -0.3 is 9.47 Å². The molecule has 1 aliphatic rings. The summed E-state index contributed by atoms with van der Waals surface area (Å²) in [5, 5.41) is 10.7. The van der Waals surface area contributed by atoms with Gasteiger partial charge in [-0.1, -0.05) is 24.3 Å². The van der Waals surface area contributed by atoms with Crippen LogP contribution in [0, 0.1) is 17.0 Å². The van der Waals surface area contributed by atoms with Crippen LogP contribution in [0.2, 0.25) is 0 Å². The molecule has 0 saturated carbocycles. The molecule has 3 rings (SSSR count). The highest BCUT2D eigenvalue weighted by atomic mass is 32.2. The summed E-state index contributed by atoms with van der Waals surface area (Å²) in [4.78, 5) is 36.7. The predicted octanol–water partition coefficient (Wildman–Crippen LogP) is 4.03. The highest BCUT2D eigenvalue weighted by Gasteiger charge is 2.35. The first-order valence-corrected chi connectivity index (χ1v) is 9.48. The number of nitrogens with zero attached hydrogens (tertiary/aromatic N) is 2. The molecular weight excluding hydrogens is 396 g/mol. The van der Waals surface area contributed by atoms with Crippen LogP contribution in [-0.4, -0.2) is 41.2 Å². The van der Waals surface area contributed by atoms with E-state index in [9.17, 15) is 19.7 Å². The van der Waals surface area contributed by atoms with Crippen molar-refractivity contribution in [1.82, 2.24) is 4.90 Å². The fraction of sp³-hybridized carbons (Fsp3) is 0.200. The molecule has 0 N–H and O–H groups in total. The lowest BCUT2D eigenvalue weighted by atomic mass is 10.1. The predicted molar refractivity (Wildman–Crippen MR) is 109 cm³/mol. The number of benzene rings is 2. The first kappa shape index (κ1) is 20.4. The van der Waals surface area contributed by atoms with Crippen LogP contribution < -0.4 is 9.47 Å². The molecule has 1 aliphatic heterocycles. The maximum Gasteiger partial charge on any atom is 0.311 e. The first-order valence-electron chi connectivity index (χ1n) is 8.67. The molecule has 1 fully saturated rings. The summed E-state index contributed by atoms with van der Waals surface area (Å²) in [7, 11) is 1.31. The number of thioether (sulfide) groups is 1. The van der Waals surface area contributed by atoms with Gasteiger partial charge in [-0.15, -0.1) is 0 Å². The normalized spacial score (nSPS) is 15.1. The second kappa shape index (κ2) is 8.78. The van der Waals surface area contributed by atoms with Gasteiger partial charge in [0.15, 0.2) is 0 Å². The fourth-order valence-electron chi connectivity index (χ4n) is 2.82. The van der Waals surface area contributed by atoms with Crippen molar-refractivity contribution in [3.8, 4) is 11.5 Å². The number of nitro groups is 1. The van der Waals surface area contributed by atoms with E-state index in [1.54, 1.807) is 12.1 Å². The number of rotatable bonds is 7. The number of ether oxygens (including phenoxy) is 2. The van der Waals surface area contributed by atoms with E-state index in [0.717, 1.165) is 22.2 Å². The molecule has 2 aromatic carbocycles. The van der Waals surface area contributed by atoms with Crippen molar-refractivity contribution in [2.45, 2.75) is 6.92 Å². The van der Waals surface area contributed by atoms with E-state index in [1.807, 2.05) is 25.1 Å². The minimum atomic E-state index is -0.565. The van der Waals surface area contributed by atoms with E-state index < -0.39 is 16.1 Å². The molecule has 0 unspecified atom stereocenters. The highest BCUT2D eigenvalue weighted by molar-refractivity contribution is 8.18. The van der Waals surface area contributed by atoms with Crippen LogP contribution in [0.3, 0.4) is 0 Å². The summed E-state index contributed by atoms with van der Waals surface area (Å²) in [6.07, 6.45) is 1.43. The number of carbonyl (C=O) groups excluding carboxylic acids is 2. The van der Waals surface area contributed by atoms with Crippen molar-refractivity contribution in [1.29, 1.82) is 0 Å². The van der Waals surface area contributed by atoms with Crippen molar-refractivity contribution in [3.05, 3.63) is 68.6 Å². The molecule has 0 aliphatic carbocycles. The van der Waals surface area contributed by atoms with Crippen LogP contribution in [-0.2, 0) is 4.79 Å². The van der Waals surface area contributed by atoms with Gasteiger partial charge in [-0.2, -0.15) is 0 Å². The number of imide groups is 1. The van der Waals surface area contributed by atoms with Crippen LogP contribution in [0.1, 0.15) is 11.1 Å². The SMILES string of the molecule is COc1c(/C=C2\SC(=O)N(CCOc3cccc(C)c3)C2=O)cccc1[N+](=O)[O-].